The fraction of sp³-hybridized carbons (Fsp3) is 0.320. The summed E-state index contributed by atoms with van der Waals surface area (Å²) in [6.07, 6.45) is 9.84. The number of rotatable bonds is 5. The molecule has 2 aliphatic carbocycles. The Morgan fingerprint density at radius 2 is 2.03 bits per heavy atom. The van der Waals surface area contributed by atoms with Crippen LogP contribution in [0, 0.1) is 23.6 Å². The Morgan fingerprint density at radius 1 is 1.13 bits per heavy atom. The van der Waals surface area contributed by atoms with Gasteiger partial charge in [-0.2, -0.15) is 0 Å². The van der Waals surface area contributed by atoms with E-state index >= 15 is 0 Å². The third-order valence-corrected chi connectivity index (χ3v) is 6.70. The van der Waals surface area contributed by atoms with Crippen LogP contribution in [0.25, 0.3) is 16.5 Å². The first-order valence-electron chi connectivity index (χ1n) is 10.4. The summed E-state index contributed by atoms with van der Waals surface area (Å²) in [4.78, 5) is 21.1. The number of nitrogens with zero attached hydrogens (tertiary/aromatic N) is 2. The average Bonchev–Trinajstić information content (AvgIpc) is 3.27. The van der Waals surface area contributed by atoms with E-state index in [0.29, 0.717) is 35.6 Å². The monoisotopic (exact) mass is 420 g/mol. The van der Waals surface area contributed by atoms with Crippen LogP contribution in [-0.4, -0.2) is 15.8 Å². The van der Waals surface area contributed by atoms with E-state index in [1.807, 2.05) is 12.1 Å². The van der Waals surface area contributed by atoms with Crippen LogP contribution in [0.4, 0.5) is 4.39 Å². The van der Waals surface area contributed by atoms with Crippen LogP contribution >= 0.6 is 11.6 Å². The molecule has 3 nitrogen and oxygen atoms in total. The lowest BCUT2D eigenvalue weighted by molar-refractivity contribution is -0.119. The standard InChI is InChI=1S/C25H22ClFN2O/c26-19-1-3-21(29-14-19)13-22(30)9-15-7-16-10-18(11-17(16)8-15)23-5-6-28-25-4-2-20(27)12-24(23)25/h1-6,10,12,14-17H,7-9,11,13H2/t15-,16-,17+/m0/s1. The van der Waals surface area contributed by atoms with Gasteiger partial charge in [-0.3, -0.25) is 14.8 Å². The van der Waals surface area contributed by atoms with Gasteiger partial charge < -0.3 is 0 Å². The second kappa shape index (κ2) is 7.92. The normalized spacial score (nSPS) is 22.9. The maximum atomic E-state index is 13.8. The van der Waals surface area contributed by atoms with Crippen molar-refractivity contribution >= 4 is 33.9 Å². The first-order chi connectivity index (χ1) is 14.5. The Kier molecular flexibility index (Phi) is 5.11. The molecule has 0 radical (unpaired) electrons. The van der Waals surface area contributed by atoms with E-state index in [1.54, 1.807) is 30.6 Å². The number of aromatic nitrogens is 2. The number of Topliss-reactive ketones (excluding diaryl/α,β-unsaturated/α-hetero) is 1. The van der Waals surface area contributed by atoms with E-state index < -0.39 is 0 Å². The van der Waals surface area contributed by atoms with E-state index in [-0.39, 0.29) is 11.6 Å². The molecule has 3 aromatic rings. The Hall–Kier alpha value is -2.59. The fourth-order valence-electron chi connectivity index (χ4n) is 5.20. The minimum Gasteiger partial charge on any atom is -0.299 e. The molecule has 2 aromatic heterocycles. The summed E-state index contributed by atoms with van der Waals surface area (Å²) in [5.74, 6) is 1.52. The second-order valence-corrected chi connectivity index (χ2v) is 9.00. The highest BCUT2D eigenvalue weighted by atomic mass is 35.5. The molecule has 2 aliphatic rings. The molecule has 0 amide bonds. The van der Waals surface area contributed by atoms with Gasteiger partial charge in [0.05, 0.1) is 10.5 Å². The smallest absolute Gasteiger partial charge is 0.139 e. The molecule has 5 rings (SSSR count). The molecule has 1 aromatic carbocycles. The Labute approximate surface area is 180 Å². The molecule has 0 spiro atoms. The van der Waals surface area contributed by atoms with Gasteiger partial charge in [0.1, 0.15) is 11.6 Å². The lowest BCUT2D eigenvalue weighted by Gasteiger charge is -2.12. The summed E-state index contributed by atoms with van der Waals surface area (Å²) in [5, 5.41) is 1.47. The number of hydrogen-bond acceptors (Lipinski definition) is 3. The summed E-state index contributed by atoms with van der Waals surface area (Å²) in [6.45, 7) is 0. The Bertz CT molecular complexity index is 1140. The molecule has 2 heterocycles. The van der Waals surface area contributed by atoms with Crippen molar-refractivity contribution < 1.29 is 9.18 Å². The largest absolute Gasteiger partial charge is 0.299 e. The summed E-state index contributed by atoms with van der Waals surface area (Å²) in [5.41, 5.74) is 3.99. The van der Waals surface area contributed by atoms with Gasteiger partial charge in [-0.15, -0.1) is 0 Å². The molecular formula is C25H22ClFN2O. The van der Waals surface area contributed by atoms with Crippen molar-refractivity contribution in [1.29, 1.82) is 0 Å². The van der Waals surface area contributed by atoms with E-state index in [1.165, 1.54) is 11.6 Å². The summed E-state index contributed by atoms with van der Waals surface area (Å²) in [6, 6.07) is 10.4. The van der Waals surface area contributed by atoms with Crippen LogP contribution in [0.3, 0.4) is 0 Å². The number of fused-ring (bicyclic) bond motifs is 2. The summed E-state index contributed by atoms with van der Waals surface area (Å²) < 4.78 is 13.8. The zero-order valence-corrected chi connectivity index (χ0v) is 17.3. The molecule has 1 saturated carbocycles. The third-order valence-electron chi connectivity index (χ3n) is 6.48. The molecule has 3 atom stereocenters. The van der Waals surface area contributed by atoms with Gasteiger partial charge in [-0.1, -0.05) is 17.7 Å². The highest BCUT2D eigenvalue weighted by molar-refractivity contribution is 6.30. The van der Waals surface area contributed by atoms with Gasteiger partial charge in [0.25, 0.3) is 0 Å². The zero-order valence-electron chi connectivity index (χ0n) is 16.5. The molecule has 0 unspecified atom stereocenters. The minimum absolute atomic E-state index is 0.232. The molecule has 0 N–H and O–H groups in total. The van der Waals surface area contributed by atoms with Crippen molar-refractivity contribution in [2.45, 2.75) is 32.1 Å². The maximum Gasteiger partial charge on any atom is 0.139 e. The lowest BCUT2D eigenvalue weighted by atomic mass is 9.93. The molecule has 1 fully saturated rings. The van der Waals surface area contributed by atoms with Crippen molar-refractivity contribution in [3.05, 3.63) is 77.0 Å². The highest BCUT2D eigenvalue weighted by Gasteiger charge is 2.38. The molecule has 30 heavy (non-hydrogen) atoms. The first-order valence-corrected chi connectivity index (χ1v) is 10.8. The zero-order chi connectivity index (χ0) is 20.7. The maximum absolute atomic E-state index is 13.8. The van der Waals surface area contributed by atoms with Crippen molar-refractivity contribution in [3.8, 4) is 0 Å². The number of halogens is 2. The fourth-order valence-corrected chi connectivity index (χ4v) is 5.31. The van der Waals surface area contributed by atoms with Crippen LogP contribution in [0.15, 0.2) is 54.9 Å². The predicted molar refractivity (Wildman–Crippen MR) is 117 cm³/mol. The number of ketones is 1. The topological polar surface area (TPSA) is 42.9 Å². The van der Waals surface area contributed by atoms with Crippen molar-refractivity contribution in [2.75, 3.05) is 0 Å². The number of hydrogen-bond donors (Lipinski definition) is 0. The van der Waals surface area contributed by atoms with Crippen LogP contribution in [0.2, 0.25) is 5.02 Å². The third kappa shape index (κ3) is 3.89. The minimum atomic E-state index is -0.232. The summed E-state index contributed by atoms with van der Waals surface area (Å²) in [7, 11) is 0. The SMILES string of the molecule is O=C(Cc1ccc(Cl)cn1)C[C@@H]1C[C@@H]2CC(c3ccnc4ccc(F)cc34)=C[C@@H]2C1. The van der Waals surface area contributed by atoms with Crippen molar-refractivity contribution in [2.24, 2.45) is 17.8 Å². The van der Waals surface area contributed by atoms with Gasteiger partial charge in [0.2, 0.25) is 0 Å². The number of allylic oxidation sites excluding steroid dienone is 2. The molecular weight excluding hydrogens is 399 g/mol. The van der Waals surface area contributed by atoms with Crippen molar-refractivity contribution in [3.63, 3.8) is 0 Å². The number of benzene rings is 1. The van der Waals surface area contributed by atoms with Gasteiger partial charge in [0, 0.05) is 36.3 Å². The van der Waals surface area contributed by atoms with Gasteiger partial charge in [-0.05, 0) is 84.6 Å². The highest BCUT2D eigenvalue weighted by Crippen LogP contribution is 2.49. The lowest BCUT2D eigenvalue weighted by Crippen LogP contribution is -2.10. The van der Waals surface area contributed by atoms with E-state index in [9.17, 15) is 9.18 Å². The second-order valence-electron chi connectivity index (χ2n) is 8.56. The molecule has 0 saturated heterocycles. The van der Waals surface area contributed by atoms with Crippen LogP contribution in [-0.2, 0) is 11.2 Å². The van der Waals surface area contributed by atoms with E-state index in [2.05, 4.69) is 16.0 Å². The van der Waals surface area contributed by atoms with Gasteiger partial charge in [-0.25, -0.2) is 4.39 Å². The Morgan fingerprint density at radius 3 is 2.83 bits per heavy atom. The number of carbonyl (C=O) groups is 1. The van der Waals surface area contributed by atoms with Gasteiger partial charge >= 0.3 is 0 Å². The summed E-state index contributed by atoms with van der Waals surface area (Å²) >= 11 is 5.86. The molecule has 152 valence electrons. The van der Waals surface area contributed by atoms with Gasteiger partial charge in [0.15, 0.2) is 0 Å². The first kappa shape index (κ1) is 19.4. The van der Waals surface area contributed by atoms with E-state index in [0.717, 1.165) is 41.4 Å². The number of carbonyl (C=O) groups excluding carboxylic acids is 1. The molecule has 0 bridgehead atoms. The Balaban J connectivity index is 1.26. The average molecular weight is 421 g/mol. The quantitative estimate of drug-likeness (QED) is 0.504. The predicted octanol–water partition coefficient (Wildman–Crippen LogP) is 6.05. The van der Waals surface area contributed by atoms with Crippen LogP contribution in [0.1, 0.15) is 36.9 Å². The van der Waals surface area contributed by atoms with Crippen LogP contribution < -0.4 is 0 Å². The van der Waals surface area contributed by atoms with Crippen molar-refractivity contribution in [1.82, 2.24) is 9.97 Å². The molecule has 0 aliphatic heterocycles. The molecule has 5 heteroatoms. The number of pyridine rings is 2. The van der Waals surface area contributed by atoms with E-state index in [4.69, 9.17) is 11.6 Å². The van der Waals surface area contributed by atoms with Crippen LogP contribution in [0.5, 0.6) is 0 Å².